The van der Waals surface area contributed by atoms with Gasteiger partial charge in [0.2, 0.25) is 5.95 Å². The first kappa shape index (κ1) is 24.3. The first-order valence-corrected chi connectivity index (χ1v) is 12.2. The summed E-state index contributed by atoms with van der Waals surface area (Å²) in [7, 11) is 4.43. The van der Waals surface area contributed by atoms with Gasteiger partial charge in [0.15, 0.2) is 0 Å². The van der Waals surface area contributed by atoms with Crippen LogP contribution in [0.5, 0.6) is 0 Å². The van der Waals surface area contributed by atoms with Crippen LogP contribution in [0.3, 0.4) is 0 Å². The summed E-state index contributed by atoms with van der Waals surface area (Å²) in [5.41, 5.74) is 2.54. The Morgan fingerprint density at radius 1 is 0.824 bits per heavy atom. The smallest absolute Gasteiger partial charge is 0.226 e. The van der Waals surface area contributed by atoms with Gasteiger partial charge in [-0.25, -0.2) is 9.97 Å². The highest BCUT2D eigenvalue weighted by atomic mass is 15.2. The number of nitrogens with zero attached hydrogens (tertiary/aromatic N) is 4. The molecular weight excluding hydrogens is 420 g/mol. The lowest BCUT2D eigenvalue weighted by atomic mass is 9.66. The minimum absolute atomic E-state index is 0.0399. The summed E-state index contributed by atoms with van der Waals surface area (Å²) in [6.07, 6.45) is 5.80. The molecule has 34 heavy (non-hydrogen) atoms. The van der Waals surface area contributed by atoms with E-state index in [4.69, 9.17) is 0 Å². The van der Waals surface area contributed by atoms with E-state index in [0.29, 0.717) is 12.5 Å². The van der Waals surface area contributed by atoms with Crippen LogP contribution in [0.15, 0.2) is 67.0 Å². The number of hydrogen-bond donors (Lipinski definition) is 2. The SMILES string of the molecule is CN(C)C1(c2ccccc2)CCC(NCc2ncnc(NC(C)(C)C)n2)(c2ccccc2)CC1. The molecule has 4 rings (SSSR count). The lowest BCUT2D eigenvalue weighted by Gasteiger charge is -2.50. The van der Waals surface area contributed by atoms with Crippen molar-refractivity contribution in [2.24, 2.45) is 0 Å². The molecule has 0 spiro atoms. The van der Waals surface area contributed by atoms with Crippen molar-refractivity contribution < 1.29 is 0 Å². The third-order valence-corrected chi connectivity index (χ3v) is 7.12. The van der Waals surface area contributed by atoms with Crippen LogP contribution in [0.2, 0.25) is 0 Å². The van der Waals surface area contributed by atoms with Gasteiger partial charge in [0.05, 0.1) is 6.54 Å². The van der Waals surface area contributed by atoms with Crippen molar-refractivity contribution in [1.29, 1.82) is 0 Å². The van der Waals surface area contributed by atoms with E-state index in [1.165, 1.54) is 11.1 Å². The minimum atomic E-state index is -0.125. The van der Waals surface area contributed by atoms with Gasteiger partial charge in [0, 0.05) is 16.6 Å². The molecule has 1 heterocycles. The number of anilines is 1. The lowest BCUT2D eigenvalue weighted by Crippen LogP contribution is -2.52. The largest absolute Gasteiger partial charge is 0.350 e. The van der Waals surface area contributed by atoms with Crippen molar-refractivity contribution in [3.8, 4) is 0 Å². The number of nitrogens with one attached hydrogen (secondary N) is 2. The second kappa shape index (κ2) is 9.80. The van der Waals surface area contributed by atoms with E-state index in [2.05, 4.69) is 126 Å². The van der Waals surface area contributed by atoms with Crippen LogP contribution < -0.4 is 10.6 Å². The molecular formula is C28H38N6. The monoisotopic (exact) mass is 458 g/mol. The van der Waals surface area contributed by atoms with Gasteiger partial charge >= 0.3 is 0 Å². The molecule has 0 amide bonds. The second-order valence-corrected chi connectivity index (χ2v) is 10.7. The Kier molecular flexibility index (Phi) is 7.01. The fourth-order valence-electron chi connectivity index (χ4n) is 5.22. The van der Waals surface area contributed by atoms with Crippen LogP contribution in [-0.4, -0.2) is 39.5 Å². The third-order valence-electron chi connectivity index (χ3n) is 7.12. The topological polar surface area (TPSA) is 66.0 Å². The fourth-order valence-corrected chi connectivity index (χ4v) is 5.22. The number of hydrogen-bond acceptors (Lipinski definition) is 6. The third kappa shape index (κ3) is 5.29. The molecule has 1 saturated carbocycles. The predicted octanol–water partition coefficient (Wildman–Crippen LogP) is 5.10. The van der Waals surface area contributed by atoms with Gasteiger partial charge < -0.3 is 10.6 Å². The van der Waals surface area contributed by atoms with E-state index in [1.807, 2.05) is 0 Å². The van der Waals surface area contributed by atoms with Crippen LogP contribution in [0.1, 0.15) is 63.4 Å². The van der Waals surface area contributed by atoms with Crippen LogP contribution in [-0.2, 0) is 17.6 Å². The molecule has 180 valence electrons. The van der Waals surface area contributed by atoms with Crippen LogP contribution in [0.25, 0.3) is 0 Å². The van der Waals surface area contributed by atoms with Gasteiger partial charge in [0.1, 0.15) is 12.2 Å². The summed E-state index contributed by atoms with van der Waals surface area (Å²) in [5.74, 6) is 1.37. The van der Waals surface area contributed by atoms with Crippen LogP contribution in [0.4, 0.5) is 5.95 Å². The van der Waals surface area contributed by atoms with Crippen molar-refractivity contribution in [3.63, 3.8) is 0 Å². The van der Waals surface area contributed by atoms with E-state index in [0.717, 1.165) is 31.5 Å². The Bertz CT molecular complexity index is 1050. The predicted molar refractivity (Wildman–Crippen MR) is 138 cm³/mol. The molecule has 1 aliphatic rings. The molecule has 0 radical (unpaired) electrons. The molecule has 0 saturated heterocycles. The summed E-state index contributed by atoms with van der Waals surface area (Å²) in [6, 6.07) is 21.8. The zero-order valence-electron chi connectivity index (χ0n) is 21.2. The van der Waals surface area contributed by atoms with E-state index < -0.39 is 0 Å². The first-order valence-electron chi connectivity index (χ1n) is 12.2. The maximum Gasteiger partial charge on any atom is 0.226 e. The molecule has 1 fully saturated rings. The molecule has 0 bridgehead atoms. The van der Waals surface area contributed by atoms with Crippen LogP contribution >= 0.6 is 0 Å². The molecule has 2 N–H and O–H groups in total. The van der Waals surface area contributed by atoms with Crippen molar-refractivity contribution in [1.82, 2.24) is 25.2 Å². The standard InChI is InChI=1S/C28H38N6/c1-26(2,3)33-25-30-21-29-24(32-25)20-31-27(22-12-8-6-9-13-22)16-18-28(19-17-27,34(4)5)23-14-10-7-11-15-23/h6-15,21,31H,16-20H2,1-5H3,(H,29,30,32,33). The number of rotatable bonds is 7. The molecule has 6 nitrogen and oxygen atoms in total. The zero-order valence-corrected chi connectivity index (χ0v) is 21.2. The highest BCUT2D eigenvalue weighted by Gasteiger charge is 2.45. The maximum atomic E-state index is 4.67. The highest BCUT2D eigenvalue weighted by molar-refractivity contribution is 5.31. The maximum absolute atomic E-state index is 4.67. The summed E-state index contributed by atoms with van der Waals surface area (Å²) >= 11 is 0. The lowest BCUT2D eigenvalue weighted by molar-refractivity contribution is 0.0521. The van der Waals surface area contributed by atoms with Gasteiger partial charge in [-0.15, -0.1) is 0 Å². The molecule has 6 heteroatoms. The van der Waals surface area contributed by atoms with E-state index >= 15 is 0 Å². The Balaban J connectivity index is 1.58. The molecule has 1 aliphatic carbocycles. The Morgan fingerprint density at radius 2 is 1.41 bits per heavy atom. The van der Waals surface area contributed by atoms with Crippen molar-refractivity contribution >= 4 is 5.95 Å². The van der Waals surface area contributed by atoms with Crippen molar-refractivity contribution in [3.05, 3.63) is 83.9 Å². The van der Waals surface area contributed by atoms with E-state index in [9.17, 15) is 0 Å². The first-order chi connectivity index (χ1) is 16.2. The summed E-state index contributed by atoms with van der Waals surface area (Å²) in [6.45, 7) is 6.90. The van der Waals surface area contributed by atoms with Crippen molar-refractivity contribution in [2.75, 3.05) is 19.4 Å². The van der Waals surface area contributed by atoms with Crippen LogP contribution in [0, 0.1) is 0 Å². The summed E-state index contributed by atoms with van der Waals surface area (Å²) in [4.78, 5) is 15.8. The Labute approximate surface area is 204 Å². The fraction of sp³-hybridized carbons (Fsp3) is 0.464. The Hall–Kier alpha value is -2.83. The molecule has 1 aromatic heterocycles. The Morgan fingerprint density at radius 3 is 1.97 bits per heavy atom. The van der Waals surface area contributed by atoms with E-state index in [1.54, 1.807) is 6.33 Å². The average molecular weight is 459 g/mol. The van der Waals surface area contributed by atoms with Gasteiger partial charge in [-0.05, 0) is 71.7 Å². The molecule has 0 atom stereocenters. The van der Waals surface area contributed by atoms with Gasteiger partial charge in [-0.2, -0.15) is 4.98 Å². The molecule has 3 aromatic rings. The summed E-state index contributed by atoms with van der Waals surface area (Å²) in [5, 5.41) is 7.23. The number of aromatic nitrogens is 3. The average Bonchev–Trinajstić information content (AvgIpc) is 2.83. The normalized spacial score (nSPS) is 23.1. The molecule has 0 aliphatic heterocycles. The second-order valence-electron chi connectivity index (χ2n) is 10.7. The minimum Gasteiger partial charge on any atom is -0.350 e. The van der Waals surface area contributed by atoms with Gasteiger partial charge in [-0.3, -0.25) is 4.90 Å². The van der Waals surface area contributed by atoms with Gasteiger partial charge in [0.25, 0.3) is 0 Å². The van der Waals surface area contributed by atoms with Gasteiger partial charge in [-0.1, -0.05) is 60.7 Å². The van der Waals surface area contributed by atoms with E-state index in [-0.39, 0.29) is 16.6 Å². The molecule has 0 unspecified atom stereocenters. The zero-order chi connectivity index (χ0) is 24.2. The van der Waals surface area contributed by atoms with Crippen molar-refractivity contribution in [2.45, 2.75) is 69.6 Å². The highest BCUT2D eigenvalue weighted by Crippen LogP contribution is 2.48. The quantitative estimate of drug-likeness (QED) is 0.514. The molecule has 2 aromatic carbocycles. The number of benzene rings is 2. The summed E-state index contributed by atoms with van der Waals surface area (Å²) < 4.78 is 0.